The van der Waals surface area contributed by atoms with Crippen molar-refractivity contribution in [2.45, 2.75) is 40.0 Å². The van der Waals surface area contributed by atoms with Crippen LogP contribution < -0.4 is 10.2 Å². The first-order valence-electron chi connectivity index (χ1n) is 11.9. The number of para-hydroxylation sites is 1. The molecule has 1 aromatic heterocycles. The molecule has 2 aromatic carbocycles. The third-order valence-electron chi connectivity index (χ3n) is 6.30. The predicted octanol–water partition coefficient (Wildman–Crippen LogP) is 5.13. The van der Waals surface area contributed by atoms with Crippen molar-refractivity contribution in [2.75, 3.05) is 36.4 Å². The van der Waals surface area contributed by atoms with Crippen molar-refractivity contribution in [2.24, 2.45) is 0 Å². The van der Waals surface area contributed by atoms with Crippen LogP contribution in [0.25, 0.3) is 0 Å². The molecule has 0 unspecified atom stereocenters. The number of anilines is 2. The fourth-order valence-corrected chi connectivity index (χ4v) is 4.51. The summed E-state index contributed by atoms with van der Waals surface area (Å²) >= 11 is 0. The van der Waals surface area contributed by atoms with Crippen LogP contribution in [0.3, 0.4) is 0 Å². The van der Waals surface area contributed by atoms with Gasteiger partial charge in [-0.3, -0.25) is 0 Å². The Morgan fingerprint density at radius 2 is 1.85 bits per heavy atom. The maximum Gasteiger partial charge on any atom is 0.321 e. The minimum Gasteiger partial charge on any atom is -0.354 e. The second-order valence-electron chi connectivity index (χ2n) is 8.73. The lowest BCUT2D eigenvalue weighted by Gasteiger charge is -2.26. The smallest absolute Gasteiger partial charge is 0.321 e. The average Bonchev–Trinajstić information content (AvgIpc) is 3.07. The van der Waals surface area contributed by atoms with Crippen molar-refractivity contribution in [1.29, 1.82) is 0 Å². The van der Waals surface area contributed by atoms with E-state index in [1.807, 2.05) is 49.1 Å². The highest BCUT2D eigenvalue weighted by molar-refractivity contribution is 5.90. The summed E-state index contributed by atoms with van der Waals surface area (Å²) in [7, 11) is 0. The summed E-state index contributed by atoms with van der Waals surface area (Å²) in [5.74, 6) is 1.35. The molecule has 4 rings (SSSR count). The number of nitrogens with zero attached hydrogens (tertiary/aromatic N) is 4. The number of amides is 2. The van der Waals surface area contributed by atoms with E-state index in [9.17, 15) is 9.18 Å². The van der Waals surface area contributed by atoms with Gasteiger partial charge in [0, 0.05) is 49.5 Å². The maximum absolute atomic E-state index is 13.8. The minimum atomic E-state index is -0.245. The summed E-state index contributed by atoms with van der Waals surface area (Å²) in [5.41, 5.74) is 4.80. The van der Waals surface area contributed by atoms with Gasteiger partial charge >= 0.3 is 6.03 Å². The number of urea groups is 1. The van der Waals surface area contributed by atoms with Crippen LogP contribution in [0.4, 0.5) is 20.7 Å². The number of halogens is 1. The van der Waals surface area contributed by atoms with Gasteiger partial charge in [0.2, 0.25) is 0 Å². The molecular formula is C27H32FN5O. The molecule has 0 saturated carbocycles. The number of carbonyl (C=O) groups excluding carboxylic acids is 1. The van der Waals surface area contributed by atoms with E-state index in [0.717, 1.165) is 53.3 Å². The molecule has 1 N–H and O–H groups in total. The van der Waals surface area contributed by atoms with E-state index in [4.69, 9.17) is 4.98 Å². The number of benzene rings is 2. The largest absolute Gasteiger partial charge is 0.354 e. The molecule has 7 heteroatoms. The van der Waals surface area contributed by atoms with E-state index in [1.165, 1.54) is 6.07 Å². The first kappa shape index (κ1) is 23.7. The van der Waals surface area contributed by atoms with Gasteiger partial charge in [-0.05, 0) is 56.0 Å². The summed E-state index contributed by atoms with van der Waals surface area (Å²) < 4.78 is 13.8. The number of aryl methyl sites for hydroxylation is 3. The summed E-state index contributed by atoms with van der Waals surface area (Å²) in [6.07, 6.45) is 2.27. The molecule has 1 aliphatic rings. The molecule has 0 aliphatic carbocycles. The lowest BCUT2D eigenvalue weighted by molar-refractivity contribution is 0.215. The van der Waals surface area contributed by atoms with Gasteiger partial charge in [0.1, 0.15) is 17.5 Å². The van der Waals surface area contributed by atoms with Gasteiger partial charge in [0.25, 0.3) is 0 Å². The fraction of sp³-hybridized carbons (Fsp3) is 0.370. The normalized spacial score (nSPS) is 14.1. The third kappa shape index (κ3) is 5.53. The van der Waals surface area contributed by atoms with Gasteiger partial charge < -0.3 is 15.1 Å². The van der Waals surface area contributed by atoms with Crippen LogP contribution in [-0.2, 0) is 12.8 Å². The summed E-state index contributed by atoms with van der Waals surface area (Å²) in [4.78, 5) is 26.5. The fourth-order valence-electron chi connectivity index (χ4n) is 4.51. The highest BCUT2D eigenvalue weighted by atomic mass is 19.1. The van der Waals surface area contributed by atoms with Crippen LogP contribution in [0, 0.1) is 19.7 Å². The standard InChI is InChI=1S/C27H32FN5O/c1-4-22-10-5-6-12-25(22)31-27(34)33-14-8-13-32(15-16-33)26-24(19(2)29-20(3)30-26)18-21-9-7-11-23(28)17-21/h5-7,9-12,17H,4,8,13-16,18H2,1-3H3,(H,31,34). The molecule has 6 nitrogen and oxygen atoms in total. The Hall–Kier alpha value is -3.48. The van der Waals surface area contributed by atoms with E-state index >= 15 is 0 Å². The highest BCUT2D eigenvalue weighted by Gasteiger charge is 2.23. The average molecular weight is 462 g/mol. The van der Waals surface area contributed by atoms with Crippen LogP contribution in [0.1, 0.15) is 41.6 Å². The van der Waals surface area contributed by atoms with Crippen molar-refractivity contribution < 1.29 is 9.18 Å². The van der Waals surface area contributed by atoms with E-state index < -0.39 is 0 Å². The highest BCUT2D eigenvalue weighted by Crippen LogP contribution is 2.26. The van der Waals surface area contributed by atoms with E-state index in [-0.39, 0.29) is 11.8 Å². The number of hydrogen-bond acceptors (Lipinski definition) is 4. The molecule has 0 atom stereocenters. The van der Waals surface area contributed by atoms with Gasteiger partial charge in [-0.1, -0.05) is 37.3 Å². The predicted molar refractivity (Wildman–Crippen MR) is 134 cm³/mol. The Balaban J connectivity index is 1.51. The van der Waals surface area contributed by atoms with E-state index in [0.29, 0.717) is 31.9 Å². The first-order chi connectivity index (χ1) is 16.4. The lowest BCUT2D eigenvalue weighted by atomic mass is 10.0. The number of nitrogens with one attached hydrogen (secondary N) is 1. The summed E-state index contributed by atoms with van der Waals surface area (Å²) in [6, 6.07) is 14.5. The van der Waals surface area contributed by atoms with Crippen LogP contribution >= 0.6 is 0 Å². The van der Waals surface area contributed by atoms with Crippen molar-refractivity contribution in [3.63, 3.8) is 0 Å². The van der Waals surface area contributed by atoms with Crippen LogP contribution in [-0.4, -0.2) is 47.1 Å². The molecule has 2 heterocycles. The molecule has 3 aromatic rings. The Labute approximate surface area is 200 Å². The quantitative estimate of drug-likeness (QED) is 0.572. The molecule has 1 aliphatic heterocycles. The van der Waals surface area contributed by atoms with Crippen molar-refractivity contribution in [3.05, 3.63) is 82.6 Å². The molecule has 178 valence electrons. The molecule has 1 saturated heterocycles. The maximum atomic E-state index is 13.8. The monoisotopic (exact) mass is 461 g/mol. The number of aromatic nitrogens is 2. The zero-order chi connectivity index (χ0) is 24.1. The van der Waals surface area contributed by atoms with Crippen molar-refractivity contribution in [1.82, 2.24) is 14.9 Å². The van der Waals surface area contributed by atoms with Crippen molar-refractivity contribution >= 4 is 17.5 Å². The number of rotatable bonds is 5. The molecule has 2 amide bonds. The topological polar surface area (TPSA) is 61.4 Å². The Bertz CT molecular complexity index is 1170. The van der Waals surface area contributed by atoms with E-state index in [2.05, 4.69) is 22.1 Å². The molecule has 0 radical (unpaired) electrons. The summed E-state index contributed by atoms with van der Waals surface area (Å²) in [5, 5.41) is 3.09. The van der Waals surface area contributed by atoms with Gasteiger partial charge in [-0.15, -0.1) is 0 Å². The third-order valence-corrected chi connectivity index (χ3v) is 6.30. The van der Waals surface area contributed by atoms with Gasteiger partial charge in [0.15, 0.2) is 0 Å². The second-order valence-corrected chi connectivity index (χ2v) is 8.73. The Morgan fingerprint density at radius 1 is 1.03 bits per heavy atom. The molecule has 1 fully saturated rings. The van der Waals surface area contributed by atoms with Crippen LogP contribution in [0.15, 0.2) is 48.5 Å². The van der Waals surface area contributed by atoms with Gasteiger partial charge in [-0.25, -0.2) is 19.2 Å². The number of carbonyl (C=O) groups is 1. The SMILES string of the molecule is CCc1ccccc1NC(=O)N1CCCN(c2nc(C)nc(C)c2Cc2cccc(F)c2)CC1. The Morgan fingerprint density at radius 3 is 2.65 bits per heavy atom. The second kappa shape index (κ2) is 10.6. The minimum absolute atomic E-state index is 0.0715. The van der Waals surface area contributed by atoms with Crippen LogP contribution in [0.5, 0.6) is 0 Å². The molecule has 34 heavy (non-hydrogen) atoms. The zero-order valence-corrected chi connectivity index (χ0v) is 20.1. The van der Waals surface area contributed by atoms with Crippen LogP contribution in [0.2, 0.25) is 0 Å². The lowest BCUT2D eigenvalue weighted by Crippen LogP contribution is -2.38. The Kier molecular flexibility index (Phi) is 7.40. The van der Waals surface area contributed by atoms with E-state index in [1.54, 1.807) is 12.1 Å². The van der Waals surface area contributed by atoms with Gasteiger partial charge in [0.05, 0.1) is 0 Å². The van der Waals surface area contributed by atoms with Gasteiger partial charge in [-0.2, -0.15) is 0 Å². The first-order valence-corrected chi connectivity index (χ1v) is 11.9. The summed E-state index contributed by atoms with van der Waals surface area (Å²) in [6.45, 7) is 8.71. The number of hydrogen-bond donors (Lipinski definition) is 1. The van der Waals surface area contributed by atoms with Crippen molar-refractivity contribution in [3.8, 4) is 0 Å². The molecular weight excluding hydrogens is 429 g/mol. The molecule has 0 spiro atoms. The molecule has 0 bridgehead atoms. The zero-order valence-electron chi connectivity index (χ0n) is 20.1.